The van der Waals surface area contributed by atoms with Crippen LogP contribution in [0.1, 0.15) is 33.4 Å². The fourth-order valence-electron chi connectivity index (χ4n) is 4.44. The number of ether oxygens (including phenoxy) is 1. The van der Waals surface area contributed by atoms with Crippen molar-refractivity contribution in [1.82, 2.24) is 0 Å². The third kappa shape index (κ3) is 3.30. The van der Waals surface area contributed by atoms with E-state index in [4.69, 9.17) is 4.74 Å². The molecule has 1 aliphatic carbocycles. The molecule has 30 heavy (non-hydrogen) atoms. The molecule has 4 aromatic carbocycles. The van der Waals surface area contributed by atoms with Crippen LogP contribution in [0.3, 0.4) is 0 Å². The Morgan fingerprint density at radius 2 is 1.17 bits per heavy atom. The summed E-state index contributed by atoms with van der Waals surface area (Å²) in [6.45, 7) is 0.524. The second-order valence-corrected chi connectivity index (χ2v) is 7.82. The van der Waals surface area contributed by atoms with Gasteiger partial charge >= 0.3 is 0 Å². The van der Waals surface area contributed by atoms with Gasteiger partial charge in [-0.1, -0.05) is 91.0 Å². The van der Waals surface area contributed by atoms with Gasteiger partial charge in [0.1, 0.15) is 18.0 Å². The van der Waals surface area contributed by atoms with Crippen LogP contribution < -0.4 is 4.74 Å². The fraction of sp³-hybridized carbons (Fsp3) is 0.143. The number of hydrogen-bond acceptors (Lipinski definition) is 2. The lowest BCUT2D eigenvalue weighted by molar-refractivity contribution is 0.125. The molecule has 0 radical (unpaired) electrons. The van der Waals surface area contributed by atoms with Gasteiger partial charge in [-0.3, -0.25) is 0 Å². The smallest absolute Gasteiger partial charge is 0.141 e. The van der Waals surface area contributed by atoms with E-state index >= 15 is 0 Å². The molecule has 0 heterocycles. The van der Waals surface area contributed by atoms with Crippen molar-refractivity contribution >= 4 is 0 Å². The van der Waals surface area contributed by atoms with Crippen LogP contribution in [-0.2, 0) is 25.0 Å². The minimum atomic E-state index is -1.18. The maximum Gasteiger partial charge on any atom is 0.141 e. The quantitative estimate of drug-likeness (QED) is 0.486. The third-order valence-corrected chi connectivity index (χ3v) is 6.00. The largest absolute Gasteiger partial charge is 0.489 e. The van der Waals surface area contributed by atoms with Crippen molar-refractivity contribution in [2.75, 3.05) is 0 Å². The maximum absolute atomic E-state index is 12.2. The molecule has 0 aromatic heterocycles. The molecule has 2 heteroatoms. The molecule has 0 spiro atoms. The summed E-state index contributed by atoms with van der Waals surface area (Å²) in [4.78, 5) is 0. The summed E-state index contributed by atoms with van der Waals surface area (Å²) in [6, 6.07) is 34.5. The number of hydrogen-bond donors (Lipinski definition) is 1. The molecule has 2 nitrogen and oxygen atoms in total. The summed E-state index contributed by atoms with van der Waals surface area (Å²) in [5.74, 6) is 0.793. The van der Waals surface area contributed by atoms with Gasteiger partial charge in [-0.15, -0.1) is 0 Å². The summed E-state index contributed by atoms with van der Waals surface area (Å²) < 4.78 is 5.95. The average molecular weight is 392 g/mol. The van der Waals surface area contributed by atoms with Crippen molar-refractivity contribution in [2.45, 2.75) is 25.0 Å². The standard InChI is InChI=1S/C28H24O2/c29-28(24-16-18-25(19-17-24)30-20-21-8-2-1-3-9-21)26-12-6-4-10-22(26)14-15-23-11-5-7-13-27(23)28/h1-13,16-19,29H,14-15,20H2. The lowest BCUT2D eigenvalue weighted by atomic mass is 9.78. The van der Waals surface area contributed by atoms with Gasteiger partial charge in [-0.05, 0) is 58.4 Å². The molecule has 148 valence electrons. The Balaban J connectivity index is 1.53. The average Bonchev–Trinajstić information content (AvgIpc) is 2.94. The highest BCUT2D eigenvalue weighted by atomic mass is 16.5. The van der Waals surface area contributed by atoms with Crippen LogP contribution in [0.4, 0.5) is 0 Å². The van der Waals surface area contributed by atoms with Crippen molar-refractivity contribution in [2.24, 2.45) is 0 Å². The van der Waals surface area contributed by atoms with Crippen LogP contribution in [0, 0.1) is 0 Å². The Hall–Kier alpha value is -3.36. The van der Waals surface area contributed by atoms with Gasteiger partial charge in [0.05, 0.1) is 0 Å². The molecule has 0 aliphatic heterocycles. The molecular formula is C28H24O2. The predicted octanol–water partition coefficient (Wildman–Crippen LogP) is 5.65. The number of rotatable bonds is 4. The third-order valence-electron chi connectivity index (χ3n) is 6.00. The number of aliphatic hydroxyl groups is 1. The zero-order chi connectivity index (χ0) is 20.4. The molecule has 5 rings (SSSR count). The highest BCUT2D eigenvalue weighted by molar-refractivity contribution is 5.54. The molecule has 0 fully saturated rings. The minimum Gasteiger partial charge on any atom is -0.489 e. The second-order valence-electron chi connectivity index (χ2n) is 7.82. The van der Waals surface area contributed by atoms with Crippen LogP contribution in [-0.4, -0.2) is 5.11 Å². The summed E-state index contributed by atoms with van der Waals surface area (Å²) in [7, 11) is 0. The Kier molecular flexibility index (Phi) is 4.86. The van der Waals surface area contributed by atoms with Crippen molar-refractivity contribution in [1.29, 1.82) is 0 Å². The Morgan fingerprint density at radius 3 is 1.77 bits per heavy atom. The number of fused-ring (bicyclic) bond motifs is 2. The van der Waals surface area contributed by atoms with Gasteiger partial charge in [0.15, 0.2) is 0 Å². The van der Waals surface area contributed by atoms with Crippen LogP contribution in [0.5, 0.6) is 5.75 Å². The summed E-state index contributed by atoms with van der Waals surface area (Å²) >= 11 is 0. The molecule has 0 amide bonds. The summed E-state index contributed by atoms with van der Waals surface area (Å²) in [6.07, 6.45) is 1.85. The fourth-order valence-corrected chi connectivity index (χ4v) is 4.44. The zero-order valence-corrected chi connectivity index (χ0v) is 16.8. The van der Waals surface area contributed by atoms with Gasteiger partial charge in [0.25, 0.3) is 0 Å². The van der Waals surface area contributed by atoms with Crippen molar-refractivity contribution in [3.8, 4) is 5.75 Å². The van der Waals surface area contributed by atoms with E-state index in [9.17, 15) is 5.11 Å². The van der Waals surface area contributed by atoms with Crippen LogP contribution in [0.15, 0.2) is 103 Å². The highest BCUT2D eigenvalue weighted by Crippen LogP contribution is 2.42. The number of benzene rings is 4. The molecule has 0 unspecified atom stereocenters. The monoisotopic (exact) mass is 392 g/mol. The van der Waals surface area contributed by atoms with E-state index in [1.165, 1.54) is 11.1 Å². The zero-order valence-electron chi connectivity index (χ0n) is 16.8. The van der Waals surface area contributed by atoms with Crippen molar-refractivity contribution in [3.63, 3.8) is 0 Å². The normalized spacial score (nSPS) is 14.3. The summed E-state index contributed by atoms with van der Waals surface area (Å²) in [5.41, 5.74) is 5.13. The lowest BCUT2D eigenvalue weighted by Gasteiger charge is -2.31. The topological polar surface area (TPSA) is 29.5 Å². The molecule has 1 aliphatic rings. The van der Waals surface area contributed by atoms with Gasteiger partial charge in [-0.25, -0.2) is 0 Å². The Morgan fingerprint density at radius 1 is 0.633 bits per heavy atom. The SMILES string of the molecule is OC1(c2ccc(OCc3ccccc3)cc2)c2ccccc2CCc2ccccc21. The van der Waals surface area contributed by atoms with E-state index in [0.717, 1.165) is 40.8 Å². The van der Waals surface area contributed by atoms with E-state index in [2.05, 4.69) is 48.5 Å². The first kappa shape index (κ1) is 18.7. The molecule has 0 bridgehead atoms. The first-order valence-corrected chi connectivity index (χ1v) is 10.4. The first-order chi connectivity index (χ1) is 14.7. The van der Waals surface area contributed by atoms with Gasteiger partial charge < -0.3 is 9.84 Å². The molecule has 4 aromatic rings. The molecule has 0 saturated carbocycles. The van der Waals surface area contributed by atoms with Gasteiger partial charge in [0.2, 0.25) is 0 Å². The van der Waals surface area contributed by atoms with Crippen LogP contribution >= 0.6 is 0 Å². The second kappa shape index (κ2) is 7.81. The Labute approximate surface area is 177 Å². The van der Waals surface area contributed by atoms with Crippen molar-refractivity contribution in [3.05, 3.63) is 137 Å². The molecule has 0 saturated heterocycles. The highest BCUT2D eigenvalue weighted by Gasteiger charge is 2.38. The van der Waals surface area contributed by atoms with Crippen molar-refractivity contribution < 1.29 is 9.84 Å². The van der Waals surface area contributed by atoms with E-state index in [1.54, 1.807) is 0 Å². The van der Waals surface area contributed by atoms with Crippen LogP contribution in [0.25, 0.3) is 0 Å². The lowest BCUT2D eigenvalue weighted by Crippen LogP contribution is -2.30. The molecule has 1 N–H and O–H groups in total. The predicted molar refractivity (Wildman–Crippen MR) is 120 cm³/mol. The van der Waals surface area contributed by atoms with Gasteiger partial charge in [-0.2, -0.15) is 0 Å². The van der Waals surface area contributed by atoms with Crippen LogP contribution in [0.2, 0.25) is 0 Å². The Bertz CT molecular complexity index is 1100. The van der Waals surface area contributed by atoms with E-state index in [0.29, 0.717) is 6.61 Å². The molecule has 0 atom stereocenters. The van der Waals surface area contributed by atoms with Gasteiger partial charge in [0, 0.05) is 0 Å². The number of aryl methyl sites for hydroxylation is 2. The maximum atomic E-state index is 12.2. The first-order valence-electron chi connectivity index (χ1n) is 10.4. The minimum absolute atomic E-state index is 0.524. The van der Waals surface area contributed by atoms with E-state index in [1.807, 2.05) is 54.6 Å². The summed E-state index contributed by atoms with van der Waals surface area (Å²) in [5, 5.41) is 12.2. The van der Waals surface area contributed by atoms with E-state index < -0.39 is 5.60 Å². The van der Waals surface area contributed by atoms with E-state index in [-0.39, 0.29) is 0 Å². The molecular weight excluding hydrogens is 368 g/mol.